The number of fused-ring (bicyclic) bond motifs is 1. The lowest BCUT2D eigenvalue weighted by molar-refractivity contribution is 0.629. The van der Waals surface area contributed by atoms with E-state index in [-0.39, 0.29) is 5.82 Å². The molecule has 1 saturated heterocycles. The van der Waals surface area contributed by atoms with Crippen molar-refractivity contribution in [2.75, 3.05) is 36.0 Å². The van der Waals surface area contributed by atoms with E-state index in [2.05, 4.69) is 19.8 Å². The van der Waals surface area contributed by atoms with Gasteiger partial charge in [-0.05, 0) is 36.4 Å². The highest BCUT2D eigenvalue weighted by Crippen LogP contribution is 2.29. The monoisotopic (exact) mass is 385 g/mol. The van der Waals surface area contributed by atoms with E-state index < -0.39 is 0 Å². The van der Waals surface area contributed by atoms with Crippen molar-refractivity contribution in [1.29, 1.82) is 0 Å². The van der Waals surface area contributed by atoms with Gasteiger partial charge in [-0.25, -0.2) is 19.3 Å². The zero-order chi connectivity index (χ0) is 19.6. The van der Waals surface area contributed by atoms with Gasteiger partial charge in [0.25, 0.3) is 0 Å². The lowest BCUT2D eigenvalue weighted by Crippen LogP contribution is -2.47. The van der Waals surface area contributed by atoms with Gasteiger partial charge in [0, 0.05) is 37.8 Å². The van der Waals surface area contributed by atoms with Gasteiger partial charge in [0.2, 0.25) is 0 Å². The molecule has 5 nitrogen and oxygen atoms in total. The molecule has 144 valence electrons. The zero-order valence-electron chi connectivity index (χ0n) is 15.9. The number of anilines is 2. The van der Waals surface area contributed by atoms with Crippen LogP contribution < -0.4 is 9.80 Å². The molecule has 0 unspecified atom stereocenters. The molecule has 1 fully saturated rings. The molecule has 1 aliphatic heterocycles. The normalized spacial score (nSPS) is 14.4. The molecule has 1 aliphatic rings. The molecule has 0 N–H and O–H groups in total. The van der Waals surface area contributed by atoms with Crippen molar-refractivity contribution in [3.8, 4) is 11.4 Å². The summed E-state index contributed by atoms with van der Waals surface area (Å²) in [5, 5.41) is 0.985. The SMILES string of the molecule is Fc1ccccc1-c1nc(N2CCN(c3ccccn3)CC2)c2ccccc2n1. The summed E-state index contributed by atoms with van der Waals surface area (Å²) >= 11 is 0. The first kappa shape index (κ1) is 17.6. The number of para-hydroxylation sites is 1. The highest BCUT2D eigenvalue weighted by molar-refractivity contribution is 5.91. The fourth-order valence-electron chi connectivity index (χ4n) is 3.75. The first-order valence-electron chi connectivity index (χ1n) is 9.72. The third kappa shape index (κ3) is 3.38. The van der Waals surface area contributed by atoms with E-state index in [1.54, 1.807) is 12.1 Å². The van der Waals surface area contributed by atoms with Crippen molar-refractivity contribution in [3.63, 3.8) is 0 Å². The Hall–Kier alpha value is -3.54. The van der Waals surface area contributed by atoms with Crippen LogP contribution in [0.25, 0.3) is 22.3 Å². The number of aromatic nitrogens is 3. The third-order valence-electron chi connectivity index (χ3n) is 5.25. The van der Waals surface area contributed by atoms with E-state index >= 15 is 0 Å². The molecule has 0 aliphatic carbocycles. The Labute approximate surface area is 168 Å². The minimum Gasteiger partial charge on any atom is -0.353 e. The second-order valence-electron chi connectivity index (χ2n) is 7.03. The van der Waals surface area contributed by atoms with Crippen LogP contribution in [-0.4, -0.2) is 41.1 Å². The smallest absolute Gasteiger partial charge is 0.165 e. The summed E-state index contributed by atoms with van der Waals surface area (Å²) in [5.41, 5.74) is 1.24. The molecule has 4 aromatic rings. The highest BCUT2D eigenvalue weighted by Gasteiger charge is 2.22. The molecule has 0 saturated carbocycles. The average molecular weight is 385 g/mol. The van der Waals surface area contributed by atoms with Crippen LogP contribution in [0.3, 0.4) is 0 Å². The molecule has 6 heteroatoms. The predicted octanol–water partition coefficient (Wildman–Crippen LogP) is 4.16. The van der Waals surface area contributed by atoms with Gasteiger partial charge in [-0.15, -0.1) is 0 Å². The van der Waals surface area contributed by atoms with Gasteiger partial charge < -0.3 is 9.80 Å². The Morgan fingerprint density at radius 2 is 1.45 bits per heavy atom. The maximum absolute atomic E-state index is 14.4. The van der Waals surface area contributed by atoms with Crippen molar-refractivity contribution in [2.24, 2.45) is 0 Å². The largest absolute Gasteiger partial charge is 0.353 e. The molecule has 0 spiro atoms. The molecular formula is C23H20FN5. The molecule has 2 aromatic carbocycles. The standard InChI is InChI=1S/C23H20FN5/c24-19-9-3-1-7-17(19)22-26-20-10-4-2-8-18(20)23(27-22)29-15-13-28(14-16-29)21-11-5-6-12-25-21/h1-12H,13-16H2. The zero-order valence-corrected chi connectivity index (χ0v) is 15.9. The number of piperazine rings is 1. The van der Waals surface area contributed by atoms with Crippen molar-refractivity contribution < 1.29 is 4.39 Å². The predicted molar refractivity (Wildman–Crippen MR) is 114 cm³/mol. The lowest BCUT2D eigenvalue weighted by atomic mass is 10.1. The summed E-state index contributed by atoms with van der Waals surface area (Å²) in [6.07, 6.45) is 1.82. The molecule has 0 radical (unpaired) electrons. The molecule has 0 amide bonds. The third-order valence-corrected chi connectivity index (χ3v) is 5.25. The highest BCUT2D eigenvalue weighted by atomic mass is 19.1. The Morgan fingerprint density at radius 3 is 2.24 bits per heavy atom. The van der Waals surface area contributed by atoms with E-state index in [0.717, 1.165) is 48.7 Å². The fraction of sp³-hybridized carbons (Fsp3) is 0.174. The van der Waals surface area contributed by atoms with Crippen LogP contribution in [0, 0.1) is 5.82 Å². The van der Waals surface area contributed by atoms with Crippen LogP contribution in [0.4, 0.5) is 16.0 Å². The lowest BCUT2D eigenvalue weighted by Gasteiger charge is -2.36. The van der Waals surface area contributed by atoms with Gasteiger partial charge in [0.1, 0.15) is 17.5 Å². The molecule has 0 bridgehead atoms. The summed E-state index contributed by atoms with van der Waals surface area (Å²) in [6, 6.07) is 20.5. The first-order chi connectivity index (χ1) is 14.3. The van der Waals surface area contributed by atoms with E-state index in [0.29, 0.717) is 11.4 Å². The molecule has 0 atom stereocenters. The maximum atomic E-state index is 14.4. The van der Waals surface area contributed by atoms with E-state index in [4.69, 9.17) is 4.98 Å². The number of hydrogen-bond donors (Lipinski definition) is 0. The van der Waals surface area contributed by atoms with Crippen molar-refractivity contribution in [2.45, 2.75) is 0 Å². The molecule has 2 aromatic heterocycles. The van der Waals surface area contributed by atoms with Gasteiger partial charge in [-0.1, -0.05) is 30.3 Å². The van der Waals surface area contributed by atoms with E-state index in [9.17, 15) is 4.39 Å². The van der Waals surface area contributed by atoms with Crippen LogP contribution >= 0.6 is 0 Å². The van der Waals surface area contributed by atoms with Crippen LogP contribution in [0.2, 0.25) is 0 Å². The van der Waals surface area contributed by atoms with Crippen LogP contribution in [0.1, 0.15) is 0 Å². The fourth-order valence-corrected chi connectivity index (χ4v) is 3.75. The minimum atomic E-state index is -0.311. The number of nitrogens with zero attached hydrogens (tertiary/aromatic N) is 5. The quantitative estimate of drug-likeness (QED) is 0.530. The topological polar surface area (TPSA) is 45.2 Å². The van der Waals surface area contributed by atoms with Gasteiger partial charge in [0.15, 0.2) is 5.82 Å². The molecule has 5 rings (SSSR count). The number of rotatable bonds is 3. The molecular weight excluding hydrogens is 365 g/mol. The maximum Gasteiger partial charge on any atom is 0.165 e. The number of halogens is 1. The van der Waals surface area contributed by atoms with Crippen molar-refractivity contribution in [3.05, 3.63) is 78.7 Å². The van der Waals surface area contributed by atoms with Crippen LogP contribution in [0.15, 0.2) is 72.9 Å². The minimum absolute atomic E-state index is 0.311. The van der Waals surface area contributed by atoms with Gasteiger partial charge in [0.05, 0.1) is 11.1 Å². The Kier molecular flexibility index (Phi) is 4.52. The average Bonchev–Trinajstić information content (AvgIpc) is 2.79. The summed E-state index contributed by atoms with van der Waals surface area (Å²) in [6.45, 7) is 3.33. The molecule has 3 heterocycles. The molecule has 29 heavy (non-hydrogen) atoms. The Balaban J connectivity index is 1.51. The summed E-state index contributed by atoms with van der Waals surface area (Å²) in [4.78, 5) is 18.4. The number of hydrogen-bond acceptors (Lipinski definition) is 5. The van der Waals surface area contributed by atoms with Crippen LogP contribution in [0.5, 0.6) is 0 Å². The van der Waals surface area contributed by atoms with Crippen molar-refractivity contribution >= 4 is 22.5 Å². The van der Waals surface area contributed by atoms with Gasteiger partial charge in [-0.2, -0.15) is 0 Å². The first-order valence-corrected chi connectivity index (χ1v) is 9.72. The van der Waals surface area contributed by atoms with Crippen molar-refractivity contribution in [1.82, 2.24) is 15.0 Å². The van der Waals surface area contributed by atoms with Crippen LogP contribution in [-0.2, 0) is 0 Å². The summed E-state index contributed by atoms with van der Waals surface area (Å²) in [5.74, 6) is 1.96. The number of benzene rings is 2. The summed E-state index contributed by atoms with van der Waals surface area (Å²) in [7, 11) is 0. The Bertz CT molecular complexity index is 1140. The van der Waals surface area contributed by atoms with E-state index in [1.165, 1.54) is 6.07 Å². The van der Waals surface area contributed by atoms with Gasteiger partial charge >= 0.3 is 0 Å². The van der Waals surface area contributed by atoms with Gasteiger partial charge in [-0.3, -0.25) is 0 Å². The van der Waals surface area contributed by atoms with E-state index in [1.807, 2.05) is 54.7 Å². The number of pyridine rings is 1. The summed E-state index contributed by atoms with van der Waals surface area (Å²) < 4.78 is 14.4. The Morgan fingerprint density at radius 1 is 0.724 bits per heavy atom. The second kappa shape index (κ2) is 7.47. The second-order valence-corrected chi connectivity index (χ2v) is 7.03.